The van der Waals surface area contributed by atoms with Crippen LogP contribution >= 0.6 is 22.9 Å². The number of halogens is 1. The van der Waals surface area contributed by atoms with Gasteiger partial charge in [-0.25, -0.2) is 8.42 Å². The van der Waals surface area contributed by atoms with E-state index >= 15 is 0 Å². The lowest BCUT2D eigenvalue weighted by molar-refractivity contribution is -0.126. The molecule has 2 aromatic carbocycles. The number of amides is 1. The number of carbonyl (C=O) groups is 1. The summed E-state index contributed by atoms with van der Waals surface area (Å²) in [6.45, 7) is 3.50. The third kappa shape index (κ3) is 5.01. The van der Waals surface area contributed by atoms with E-state index in [1.54, 1.807) is 28.8 Å². The monoisotopic (exact) mass is 507 g/mol. The maximum Gasteiger partial charge on any atom is 0.308 e. The quantitative estimate of drug-likeness (QED) is 0.526. The number of piperidine rings is 1. The van der Waals surface area contributed by atoms with E-state index in [1.165, 1.54) is 4.31 Å². The second kappa shape index (κ2) is 9.97. The van der Waals surface area contributed by atoms with Crippen LogP contribution < -0.4 is 10.2 Å². The second-order valence-electron chi connectivity index (χ2n) is 8.14. The number of thiazole rings is 1. The van der Waals surface area contributed by atoms with E-state index in [-0.39, 0.29) is 34.7 Å². The van der Waals surface area contributed by atoms with Crippen LogP contribution in [-0.2, 0) is 27.9 Å². The Labute approximate surface area is 202 Å². The molecule has 176 valence electrons. The van der Waals surface area contributed by atoms with Gasteiger partial charge in [0.05, 0.1) is 15.1 Å². The van der Waals surface area contributed by atoms with Gasteiger partial charge in [-0.3, -0.25) is 14.2 Å². The minimum atomic E-state index is -3.70. The van der Waals surface area contributed by atoms with Crippen molar-refractivity contribution in [2.75, 3.05) is 13.1 Å². The minimum Gasteiger partial charge on any atom is -0.352 e. The van der Waals surface area contributed by atoms with Crippen LogP contribution in [0.1, 0.15) is 31.7 Å². The van der Waals surface area contributed by atoms with Gasteiger partial charge in [-0.2, -0.15) is 4.31 Å². The highest BCUT2D eigenvalue weighted by atomic mass is 35.5. The first kappa shape index (κ1) is 23.9. The van der Waals surface area contributed by atoms with Crippen molar-refractivity contribution in [1.82, 2.24) is 14.2 Å². The summed E-state index contributed by atoms with van der Waals surface area (Å²) < 4.78 is 30.2. The molecule has 3 aromatic rings. The first-order valence-corrected chi connectivity index (χ1v) is 13.6. The number of aromatic nitrogens is 1. The smallest absolute Gasteiger partial charge is 0.308 e. The number of sulfonamides is 1. The zero-order valence-corrected chi connectivity index (χ0v) is 20.7. The standard InChI is InChI=1S/C23H26ClN3O4S2/c1-2-11-27-20-8-7-18(14-21(20)32-23(27)29)33(30,31)26-12-9-16(10-13-26)22(28)25-15-17-5-3-4-6-19(17)24/h3-8,14,16H,2,9-13,15H2,1H3,(H,25,28). The predicted molar refractivity (Wildman–Crippen MR) is 131 cm³/mol. The molecule has 7 nitrogen and oxygen atoms in total. The number of nitrogens with one attached hydrogen (secondary N) is 1. The molecule has 1 aromatic heterocycles. The van der Waals surface area contributed by atoms with Gasteiger partial charge in [-0.05, 0) is 49.1 Å². The maximum atomic E-state index is 13.2. The first-order valence-electron chi connectivity index (χ1n) is 11.0. The minimum absolute atomic E-state index is 0.0787. The van der Waals surface area contributed by atoms with E-state index in [1.807, 2.05) is 25.1 Å². The van der Waals surface area contributed by atoms with Crippen molar-refractivity contribution in [3.63, 3.8) is 0 Å². The third-order valence-electron chi connectivity index (χ3n) is 5.96. The van der Waals surface area contributed by atoms with E-state index in [9.17, 15) is 18.0 Å². The lowest BCUT2D eigenvalue weighted by atomic mass is 9.97. The summed E-state index contributed by atoms with van der Waals surface area (Å²) in [6.07, 6.45) is 1.73. The molecule has 1 aliphatic heterocycles. The molecule has 1 amide bonds. The predicted octanol–water partition coefficient (Wildman–Crippen LogP) is 3.84. The van der Waals surface area contributed by atoms with Crippen molar-refractivity contribution in [1.29, 1.82) is 0 Å². The second-order valence-corrected chi connectivity index (χ2v) is 11.5. The highest BCUT2D eigenvalue weighted by molar-refractivity contribution is 7.89. The third-order valence-corrected chi connectivity index (χ3v) is 9.17. The van der Waals surface area contributed by atoms with Gasteiger partial charge in [0.2, 0.25) is 15.9 Å². The van der Waals surface area contributed by atoms with Crippen LogP contribution in [0, 0.1) is 5.92 Å². The normalized spacial score (nSPS) is 15.7. The molecule has 1 saturated heterocycles. The summed E-state index contributed by atoms with van der Waals surface area (Å²) in [5.74, 6) is -0.329. The summed E-state index contributed by atoms with van der Waals surface area (Å²) in [5, 5.41) is 3.51. The van der Waals surface area contributed by atoms with Crippen LogP contribution in [0.4, 0.5) is 0 Å². The number of hydrogen-bond acceptors (Lipinski definition) is 5. The van der Waals surface area contributed by atoms with E-state index in [0.717, 1.165) is 28.8 Å². The lowest BCUT2D eigenvalue weighted by Crippen LogP contribution is -2.42. The highest BCUT2D eigenvalue weighted by Crippen LogP contribution is 2.27. The molecule has 10 heteroatoms. The van der Waals surface area contributed by atoms with Crippen molar-refractivity contribution in [3.05, 3.63) is 62.7 Å². The fourth-order valence-electron chi connectivity index (χ4n) is 4.12. The Morgan fingerprint density at radius 3 is 2.61 bits per heavy atom. The highest BCUT2D eigenvalue weighted by Gasteiger charge is 2.32. The Hall–Kier alpha value is -2.20. The van der Waals surface area contributed by atoms with Crippen molar-refractivity contribution in [3.8, 4) is 0 Å². The van der Waals surface area contributed by atoms with Crippen LogP contribution in [0.3, 0.4) is 0 Å². The molecule has 0 spiro atoms. The molecule has 0 aliphatic carbocycles. The van der Waals surface area contributed by atoms with Crippen LogP contribution in [0.2, 0.25) is 5.02 Å². The van der Waals surface area contributed by atoms with Gasteiger partial charge in [0.1, 0.15) is 0 Å². The largest absolute Gasteiger partial charge is 0.352 e. The van der Waals surface area contributed by atoms with Gasteiger partial charge in [-0.15, -0.1) is 0 Å². The summed E-state index contributed by atoms with van der Waals surface area (Å²) in [7, 11) is -3.70. The molecule has 0 unspecified atom stereocenters. The Kier molecular flexibility index (Phi) is 7.23. The van der Waals surface area contributed by atoms with Gasteiger partial charge in [0.15, 0.2) is 0 Å². The van der Waals surface area contributed by atoms with Gasteiger partial charge in [-0.1, -0.05) is 48.1 Å². The molecule has 4 rings (SSSR count). The lowest BCUT2D eigenvalue weighted by Gasteiger charge is -2.30. The average molecular weight is 508 g/mol. The number of aryl methyl sites for hydroxylation is 1. The Morgan fingerprint density at radius 2 is 1.91 bits per heavy atom. The van der Waals surface area contributed by atoms with Gasteiger partial charge < -0.3 is 5.32 Å². The summed E-state index contributed by atoms with van der Waals surface area (Å²) in [5.41, 5.74) is 1.61. The van der Waals surface area contributed by atoms with Gasteiger partial charge in [0, 0.05) is 37.1 Å². The fraction of sp³-hybridized carbons (Fsp3) is 0.391. The van der Waals surface area contributed by atoms with Crippen LogP contribution in [0.5, 0.6) is 0 Å². The molecule has 0 radical (unpaired) electrons. The van der Waals surface area contributed by atoms with Crippen LogP contribution in [0.15, 0.2) is 52.2 Å². The van der Waals surface area contributed by atoms with E-state index in [2.05, 4.69) is 5.32 Å². The first-order chi connectivity index (χ1) is 15.8. The fourth-order valence-corrected chi connectivity index (χ4v) is 6.85. The zero-order valence-electron chi connectivity index (χ0n) is 18.3. The zero-order chi connectivity index (χ0) is 23.6. The number of rotatable bonds is 7. The number of benzene rings is 2. The summed E-state index contributed by atoms with van der Waals surface area (Å²) in [4.78, 5) is 24.9. The van der Waals surface area contributed by atoms with Crippen molar-refractivity contribution < 1.29 is 13.2 Å². The Morgan fingerprint density at radius 1 is 1.18 bits per heavy atom. The molecule has 0 bridgehead atoms. The molecule has 1 aliphatic rings. The number of fused-ring (bicyclic) bond motifs is 1. The topological polar surface area (TPSA) is 88.5 Å². The molecule has 0 saturated carbocycles. The Balaban J connectivity index is 1.41. The number of nitrogens with zero attached hydrogens (tertiary/aromatic N) is 2. The molecule has 33 heavy (non-hydrogen) atoms. The molecular formula is C23H26ClN3O4S2. The molecule has 1 N–H and O–H groups in total. The van der Waals surface area contributed by atoms with E-state index < -0.39 is 10.0 Å². The van der Waals surface area contributed by atoms with E-state index in [4.69, 9.17) is 11.6 Å². The van der Waals surface area contributed by atoms with Crippen LogP contribution in [-0.4, -0.2) is 36.3 Å². The van der Waals surface area contributed by atoms with Crippen molar-refractivity contribution >= 4 is 49.1 Å². The van der Waals surface area contributed by atoms with Crippen LogP contribution in [0.25, 0.3) is 10.2 Å². The number of carbonyl (C=O) groups excluding carboxylic acids is 1. The SMILES string of the molecule is CCCn1c(=O)sc2cc(S(=O)(=O)N3CCC(C(=O)NCc4ccccc4Cl)CC3)ccc21. The molecule has 1 fully saturated rings. The van der Waals surface area contributed by atoms with Gasteiger partial charge in [0.25, 0.3) is 0 Å². The summed E-state index contributed by atoms with van der Waals surface area (Å²) in [6, 6.07) is 12.2. The van der Waals surface area contributed by atoms with Crippen molar-refractivity contribution in [2.45, 2.75) is 44.2 Å². The molecule has 2 heterocycles. The average Bonchev–Trinajstić information content (AvgIpc) is 3.13. The summed E-state index contributed by atoms with van der Waals surface area (Å²) >= 11 is 7.21. The molecule has 0 atom stereocenters. The molecular weight excluding hydrogens is 482 g/mol. The number of hydrogen-bond donors (Lipinski definition) is 1. The van der Waals surface area contributed by atoms with Crippen molar-refractivity contribution in [2.24, 2.45) is 5.92 Å². The van der Waals surface area contributed by atoms with Gasteiger partial charge >= 0.3 is 4.87 Å². The maximum absolute atomic E-state index is 13.2. The Bertz CT molecular complexity index is 1320. The van der Waals surface area contributed by atoms with E-state index in [0.29, 0.717) is 35.7 Å².